The quantitative estimate of drug-likeness (QED) is 0.745. The topological polar surface area (TPSA) is 37.3 Å². The van der Waals surface area contributed by atoms with E-state index in [1.54, 1.807) is 0 Å². The van der Waals surface area contributed by atoms with Gasteiger partial charge in [-0.1, -0.05) is 19.1 Å². The first-order valence-corrected chi connectivity index (χ1v) is 6.99. The number of carboxylic acid groups (broad SMARTS) is 1. The molecular weight excluding hydrogens is 212 g/mol. The Balaban J connectivity index is 1.88. The van der Waals surface area contributed by atoms with E-state index in [-0.39, 0.29) is 5.92 Å². The van der Waals surface area contributed by atoms with Crippen LogP contribution in [0.4, 0.5) is 0 Å². The molecule has 94 valence electrons. The molecule has 1 N–H and O–H groups in total. The second-order valence-electron chi connectivity index (χ2n) is 6.40. The van der Waals surface area contributed by atoms with Crippen molar-refractivity contribution >= 4 is 5.97 Å². The zero-order valence-corrected chi connectivity index (χ0v) is 10.7. The van der Waals surface area contributed by atoms with Gasteiger partial charge in [-0.15, -0.1) is 0 Å². The van der Waals surface area contributed by atoms with Crippen molar-refractivity contribution in [1.29, 1.82) is 0 Å². The Morgan fingerprint density at radius 3 is 2.65 bits per heavy atom. The van der Waals surface area contributed by atoms with Gasteiger partial charge >= 0.3 is 5.97 Å². The molecule has 0 aliphatic heterocycles. The summed E-state index contributed by atoms with van der Waals surface area (Å²) in [6, 6.07) is 0. The summed E-state index contributed by atoms with van der Waals surface area (Å²) < 4.78 is 0. The lowest BCUT2D eigenvalue weighted by Gasteiger charge is -2.33. The summed E-state index contributed by atoms with van der Waals surface area (Å²) in [7, 11) is 0. The van der Waals surface area contributed by atoms with E-state index in [1.165, 1.54) is 12.8 Å². The molecule has 0 amide bonds. The number of rotatable bonds is 2. The van der Waals surface area contributed by atoms with Gasteiger partial charge in [0.2, 0.25) is 0 Å². The van der Waals surface area contributed by atoms with Gasteiger partial charge < -0.3 is 5.11 Å². The largest absolute Gasteiger partial charge is 0.481 e. The van der Waals surface area contributed by atoms with Crippen LogP contribution in [0.1, 0.15) is 33.1 Å². The summed E-state index contributed by atoms with van der Waals surface area (Å²) in [5, 5.41) is 9.32. The lowest BCUT2D eigenvalue weighted by Crippen LogP contribution is -2.33. The van der Waals surface area contributed by atoms with Crippen molar-refractivity contribution in [2.24, 2.45) is 41.4 Å². The summed E-state index contributed by atoms with van der Waals surface area (Å²) in [6.07, 6.45) is 7.90. The summed E-state index contributed by atoms with van der Waals surface area (Å²) in [5.41, 5.74) is 0. The monoisotopic (exact) mass is 234 g/mol. The molecule has 3 fully saturated rings. The minimum absolute atomic E-state index is 0.0423. The van der Waals surface area contributed by atoms with Gasteiger partial charge in [-0.05, 0) is 61.7 Å². The number of carboxylic acids is 1. The number of allylic oxidation sites excluding steroid dienone is 2. The molecule has 0 radical (unpaired) electrons. The highest BCUT2D eigenvalue weighted by Gasteiger charge is 2.60. The second kappa shape index (κ2) is 3.86. The van der Waals surface area contributed by atoms with Crippen LogP contribution in [0.5, 0.6) is 0 Å². The van der Waals surface area contributed by atoms with Crippen LogP contribution in [-0.4, -0.2) is 11.1 Å². The number of fused-ring (bicyclic) bond motifs is 5. The van der Waals surface area contributed by atoms with Crippen molar-refractivity contribution in [3.8, 4) is 0 Å². The van der Waals surface area contributed by atoms with Gasteiger partial charge in [-0.2, -0.15) is 0 Å². The van der Waals surface area contributed by atoms with Gasteiger partial charge in [0.05, 0.1) is 5.92 Å². The fourth-order valence-electron chi connectivity index (χ4n) is 5.38. The van der Waals surface area contributed by atoms with E-state index < -0.39 is 5.97 Å². The zero-order valence-electron chi connectivity index (χ0n) is 10.7. The zero-order chi connectivity index (χ0) is 12.2. The SMILES string of the molecule is CC=CC1CC(C)C2C3CC(C(=O)O)C(C3)C12. The minimum Gasteiger partial charge on any atom is -0.481 e. The summed E-state index contributed by atoms with van der Waals surface area (Å²) in [4.78, 5) is 11.3. The van der Waals surface area contributed by atoms with Crippen molar-refractivity contribution in [3.05, 3.63) is 12.2 Å². The molecule has 17 heavy (non-hydrogen) atoms. The van der Waals surface area contributed by atoms with Gasteiger partial charge in [-0.25, -0.2) is 0 Å². The molecule has 0 aromatic heterocycles. The van der Waals surface area contributed by atoms with E-state index in [0.717, 1.165) is 18.3 Å². The van der Waals surface area contributed by atoms with Crippen LogP contribution in [-0.2, 0) is 4.79 Å². The van der Waals surface area contributed by atoms with Crippen molar-refractivity contribution in [1.82, 2.24) is 0 Å². The maximum absolute atomic E-state index is 11.3. The third-order valence-corrected chi connectivity index (χ3v) is 5.68. The normalized spacial score (nSPS) is 52.2. The molecule has 0 heterocycles. The molecule has 7 unspecified atom stereocenters. The maximum Gasteiger partial charge on any atom is 0.306 e. The van der Waals surface area contributed by atoms with Gasteiger partial charge in [0.15, 0.2) is 0 Å². The summed E-state index contributed by atoms with van der Waals surface area (Å²) >= 11 is 0. The number of carbonyl (C=O) groups is 1. The van der Waals surface area contributed by atoms with Crippen molar-refractivity contribution in [2.45, 2.75) is 33.1 Å². The number of aliphatic carboxylic acids is 1. The molecule has 0 spiro atoms. The highest BCUT2D eigenvalue weighted by atomic mass is 16.4. The Morgan fingerprint density at radius 2 is 2.00 bits per heavy atom. The molecule has 2 nitrogen and oxygen atoms in total. The second-order valence-corrected chi connectivity index (χ2v) is 6.40. The van der Waals surface area contributed by atoms with E-state index in [2.05, 4.69) is 26.0 Å². The van der Waals surface area contributed by atoms with Gasteiger partial charge in [0.1, 0.15) is 0 Å². The van der Waals surface area contributed by atoms with Crippen LogP contribution in [0.15, 0.2) is 12.2 Å². The fraction of sp³-hybridized carbons (Fsp3) is 0.800. The van der Waals surface area contributed by atoms with E-state index in [0.29, 0.717) is 23.7 Å². The standard InChI is InChI=1S/C15H22O2/c1-3-4-9-5-8(2)13-10-6-11(14(9)13)12(7-10)15(16)17/h3-4,8-14H,5-7H2,1-2H3,(H,16,17). The smallest absolute Gasteiger partial charge is 0.306 e. The predicted octanol–water partition coefficient (Wildman–Crippen LogP) is 3.19. The van der Waals surface area contributed by atoms with Crippen LogP contribution in [0.25, 0.3) is 0 Å². The molecule has 2 bridgehead atoms. The first kappa shape index (κ1) is 11.3. The Morgan fingerprint density at radius 1 is 1.24 bits per heavy atom. The molecule has 0 aromatic carbocycles. The van der Waals surface area contributed by atoms with Gasteiger partial charge in [0.25, 0.3) is 0 Å². The van der Waals surface area contributed by atoms with Crippen molar-refractivity contribution < 1.29 is 9.90 Å². The molecular formula is C15H22O2. The van der Waals surface area contributed by atoms with Crippen LogP contribution in [0.3, 0.4) is 0 Å². The molecule has 0 saturated heterocycles. The summed E-state index contributed by atoms with van der Waals surface area (Å²) in [6.45, 7) is 4.46. The average Bonchev–Trinajstić information content (AvgIpc) is 2.90. The first-order chi connectivity index (χ1) is 8.13. The Hall–Kier alpha value is -0.790. The highest BCUT2D eigenvalue weighted by Crippen LogP contribution is 2.64. The maximum atomic E-state index is 11.3. The number of hydrogen-bond acceptors (Lipinski definition) is 1. The van der Waals surface area contributed by atoms with E-state index in [4.69, 9.17) is 0 Å². The third-order valence-electron chi connectivity index (χ3n) is 5.68. The highest BCUT2D eigenvalue weighted by molar-refractivity contribution is 5.71. The molecule has 3 rings (SSSR count). The van der Waals surface area contributed by atoms with Gasteiger partial charge in [0, 0.05) is 0 Å². The van der Waals surface area contributed by atoms with Crippen molar-refractivity contribution in [2.75, 3.05) is 0 Å². The molecule has 7 atom stereocenters. The molecule has 0 aromatic rings. The lowest BCUT2D eigenvalue weighted by atomic mass is 9.71. The molecule has 3 saturated carbocycles. The summed E-state index contributed by atoms with van der Waals surface area (Å²) in [5.74, 6) is 3.51. The fourth-order valence-corrected chi connectivity index (χ4v) is 5.38. The lowest BCUT2D eigenvalue weighted by molar-refractivity contribution is -0.144. The van der Waals surface area contributed by atoms with Crippen molar-refractivity contribution in [3.63, 3.8) is 0 Å². The van der Waals surface area contributed by atoms with Crippen LogP contribution < -0.4 is 0 Å². The minimum atomic E-state index is -0.547. The van der Waals surface area contributed by atoms with Gasteiger partial charge in [-0.3, -0.25) is 4.79 Å². The number of hydrogen-bond donors (Lipinski definition) is 1. The third kappa shape index (κ3) is 1.49. The van der Waals surface area contributed by atoms with E-state index in [9.17, 15) is 9.90 Å². The van der Waals surface area contributed by atoms with Crippen LogP contribution >= 0.6 is 0 Å². The molecule has 2 heteroatoms. The Kier molecular flexibility index (Phi) is 2.57. The van der Waals surface area contributed by atoms with E-state index in [1.807, 2.05) is 0 Å². The predicted molar refractivity (Wildman–Crippen MR) is 66.4 cm³/mol. The molecule has 3 aliphatic rings. The Bertz CT molecular complexity index is 360. The average molecular weight is 234 g/mol. The molecule has 3 aliphatic carbocycles. The first-order valence-electron chi connectivity index (χ1n) is 6.99. The van der Waals surface area contributed by atoms with Crippen LogP contribution in [0.2, 0.25) is 0 Å². The Labute approximate surface area is 103 Å². The van der Waals surface area contributed by atoms with Crippen LogP contribution in [0, 0.1) is 41.4 Å². The van der Waals surface area contributed by atoms with E-state index >= 15 is 0 Å².